The minimum Gasteiger partial charge on any atom is -0.343 e. The predicted molar refractivity (Wildman–Crippen MR) is 103 cm³/mol. The van der Waals surface area contributed by atoms with E-state index >= 15 is 0 Å². The molecule has 0 aromatic carbocycles. The van der Waals surface area contributed by atoms with E-state index in [0.29, 0.717) is 5.91 Å². The van der Waals surface area contributed by atoms with Gasteiger partial charge < -0.3 is 9.80 Å². The average molecular weight is 370 g/mol. The van der Waals surface area contributed by atoms with Gasteiger partial charge in [0.05, 0.1) is 5.41 Å². The zero-order valence-electron chi connectivity index (χ0n) is 16.5. The van der Waals surface area contributed by atoms with E-state index in [-0.39, 0.29) is 16.7 Å². The van der Waals surface area contributed by atoms with Crippen molar-refractivity contribution in [2.45, 2.75) is 39.7 Å². The molecule has 0 saturated carbocycles. The third-order valence-electron chi connectivity index (χ3n) is 7.22. The van der Waals surface area contributed by atoms with Gasteiger partial charge in [-0.3, -0.25) is 19.5 Å². The molecule has 146 valence electrons. The number of amides is 2. The highest BCUT2D eigenvalue weighted by Gasteiger charge is 2.64. The molecule has 3 aliphatic rings. The number of rotatable bonds is 3. The van der Waals surface area contributed by atoms with Gasteiger partial charge in [0.15, 0.2) is 0 Å². The summed E-state index contributed by atoms with van der Waals surface area (Å²) in [6.07, 6.45) is 6.53. The van der Waals surface area contributed by atoms with E-state index in [2.05, 4.69) is 22.9 Å². The first-order valence-corrected chi connectivity index (χ1v) is 10.2. The van der Waals surface area contributed by atoms with Crippen molar-refractivity contribution in [2.75, 3.05) is 39.3 Å². The number of nitrogens with zero attached hydrogens (tertiary/aromatic N) is 4. The van der Waals surface area contributed by atoms with Gasteiger partial charge in [-0.05, 0) is 37.8 Å². The van der Waals surface area contributed by atoms with Crippen molar-refractivity contribution in [1.29, 1.82) is 0 Å². The Balaban J connectivity index is 1.61. The van der Waals surface area contributed by atoms with E-state index in [1.165, 1.54) is 5.56 Å². The van der Waals surface area contributed by atoms with Crippen LogP contribution >= 0.6 is 0 Å². The van der Waals surface area contributed by atoms with Gasteiger partial charge in [0, 0.05) is 70.5 Å². The monoisotopic (exact) mass is 370 g/mol. The first-order valence-electron chi connectivity index (χ1n) is 10.2. The van der Waals surface area contributed by atoms with E-state index in [0.717, 1.165) is 65.1 Å². The van der Waals surface area contributed by atoms with Gasteiger partial charge in [0.2, 0.25) is 11.8 Å². The molecule has 1 aromatic heterocycles. The summed E-state index contributed by atoms with van der Waals surface area (Å²) in [6.45, 7) is 9.55. The lowest BCUT2D eigenvalue weighted by Gasteiger charge is -2.47. The molecule has 4 heterocycles. The van der Waals surface area contributed by atoms with Crippen LogP contribution in [0.15, 0.2) is 24.5 Å². The summed E-state index contributed by atoms with van der Waals surface area (Å²) in [5.41, 5.74) is 0.902. The molecule has 27 heavy (non-hydrogen) atoms. The van der Waals surface area contributed by atoms with E-state index in [1.54, 1.807) is 13.1 Å². The Morgan fingerprint density at radius 1 is 1.19 bits per heavy atom. The highest BCUT2D eigenvalue weighted by atomic mass is 16.2. The molecular weight excluding hydrogens is 340 g/mol. The number of fused-ring (bicyclic) bond motifs is 1. The van der Waals surface area contributed by atoms with Crippen LogP contribution in [0.2, 0.25) is 0 Å². The van der Waals surface area contributed by atoms with Crippen molar-refractivity contribution in [2.24, 2.45) is 10.8 Å². The van der Waals surface area contributed by atoms with Crippen LogP contribution < -0.4 is 0 Å². The molecule has 3 aliphatic heterocycles. The summed E-state index contributed by atoms with van der Waals surface area (Å²) in [6, 6.07) is 4.08. The highest BCUT2D eigenvalue weighted by Crippen LogP contribution is 2.58. The minimum absolute atomic E-state index is 0.0117. The largest absolute Gasteiger partial charge is 0.343 e. The summed E-state index contributed by atoms with van der Waals surface area (Å²) >= 11 is 0. The number of carbonyl (C=O) groups excluding carboxylic acids is 2. The topological polar surface area (TPSA) is 56.8 Å². The van der Waals surface area contributed by atoms with Crippen LogP contribution in [0.5, 0.6) is 0 Å². The molecule has 6 heteroatoms. The Morgan fingerprint density at radius 3 is 2.56 bits per heavy atom. The number of hydrogen-bond acceptors (Lipinski definition) is 4. The Morgan fingerprint density at radius 2 is 1.96 bits per heavy atom. The molecule has 4 rings (SSSR count). The molecule has 2 spiro atoms. The fourth-order valence-corrected chi connectivity index (χ4v) is 5.71. The molecule has 0 radical (unpaired) electrons. The maximum Gasteiger partial charge on any atom is 0.230 e. The van der Waals surface area contributed by atoms with Crippen molar-refractivity contribution in [3.8, 4) is 0 Å². The van der Waals surface area contributed by atoms with Gasteiger partial charge in [0.25, 0.3) is 0 Å². The SMILES string of the molecule is CCN1CCC2(CN(Cc3cccnc3)CC23CCN(C(C)=O)CC3)C1=O. The van der Waals surface area contributed by atoms with Crippen LogP contribution in [-0.2, 0) is 16.1 Å². The number of pyridine rings is 1. The number of piperidine rings is 1. The Hall–Kier alpha value is -1.95. The second kappa shape index (κ2) is 6.89. The molecule has 0 aliphatic carbocycles. The summed E-state index contributed by atoms with van der Waals surface area (Å²) in [7, 11) is 0. The predicted octanol–water partition coefficient (Wildman–Crippen LogP) is 1.76. The molecule has 6 nitrogen and oxygen atoms in total. The van der Waals surface area contributed by atoms with Crippen molar-refractivity contribution in [3.63, 3.8) is 0 Å². The third-order valence-corrected chi connectivity index (χ3v) is 7.22. The molecule has 1 atom stereocenters. The molecule has 2 amide bonds. The fraction of sp³-hybridized carbons (Fsp3) is 0.667. The Bertz CT molecular complexity index is 714. The lowest BCUT2D eigenvalue weighted by molar-refractivity contribution is -0.143. The number of aromatic nitrogens is 1. The summed E-state index contributed by atoms with van der Waals surface area (Å²) < 4.78 is 0. The van der Waals surface area contributed by atoms with E-state index in [1.807, 2.05) is 22.1 Å². The molecule has 3 saturated heterocycles. The smallest absolute Gasteiger partial charge is 0.230 e. The highest BCUT2D eigenvalue weighted by molar-refractivity contribution is 5.86. The molecule has 1 unspecified atom stereocenters. The van der Waals surface area contributed by atoms with Crippen LogP contribution in [0.1, 0.15) is 38.7 Å². The van der Waals surface area contributed by atoms with E-state index < -0.39 is 0 Å². The van der Waals surface area contributed by atoms with Crippen LogP contribution in [0.25, 0.3) is 0 Å². The molecular formula is C21H30N4O2. The van der Waals surface area contributed by atoms with Crippen molar-refractivity contribution >= 4 is 11.8 Å². The summed E-state index contributed by atoms with van der Waals surface area (Å²) in [5, 5.41) is 0. The summed E-state index contributed by atoms with van der Waals surface area (Å²) in [4.78, 5) is 35.9. The van der Waals surface area contributed by atoms with E-state index in [4.69, 9.17) is 0 Å². The van der Waals surface area contributed by atoms with Gasteiger partial charge in [-0.2, -0.15) is 0 Å². The van der Waals surface area contributed by atoms with Crippen molar-refractivity contribution in [1.82, 2.24) is 19.7 Å². The molecule has 0 N–H and O–H groups in total. The normalized spacial score (nSPS) is 27.9. The fourth-order valence-electron chi connectivity index (χ4n) is 5.71. The van der Waals surface area contributed by atoms with Crippen LogP contribution in [0.3, 0.4) is 0 Å². The first kappa shape index (κ1) is 18.4. The Kier molecular flexibility index (Phi) is 4.70. The van der Waals surface area contributed by atoms with Crippen LogP contribution in [0, 0.1) is 10.8 Å². The maximum atomic E-state index is 13.5. The van der Waals surface area contributed by atoms with Gasteiger partial charge >= 0.3 is 0 Å². The van der Waals surface area contributed by atoms with Gasteiger partial charge in [-0.1, -0.05) is 6.07 Å². The minimum atomic E-state index is -0.284. The first-order chi connectivity index (χ1) is 13.0. The zero-order valence-corrected chi connectivity index (χ0v) is 16.5. The molecule has 0 bridgehead atoms. The standard InChI is InChI=1S/C21H30N4O2/c1-3-24-12-8-21(19(24)27)16-23(14-18-5-4-9-22-13-18)15-20(21)6-10-25(11-7-20)17(2)26/h4-5,9,13H,3,6-8,10-12,14-16H2,1-2H3. The van der Waals surface area contributed by atoms with Crippen LogP contribution in [0.4, 0.5) is 0 Å². The maximum absolute atomic E-state index is 13.5. The number of hydrogen-bond donors (Lipinski definition) is 0. The van der Waals surface area contributed by atoms with E-state index in [9.17, 15) is 9.59 Å². The lowest BCUT2D eigenvalue weighted by atomic mass is 9.60. The quantitative estimate of drug-likeness (QED) is 0.814. The average Bonchev–Trinajstić information content (AvgIpc) is 3.15. The van der Waals surface area contributed by atoms with Gasteiger partial charge in [-0.25, -0.2) is 0 Å². The second-order valence-electron chi connectivity index (χ2n) is 8.51. The number of likely N-dealkylation sites (tertiary alicyclic amines) is 3. The van der Waals surface area contributed by atoms with Gasteiger partial charge in [-0.15, -0.1) is 0 Å². The molecule has 3 fully saturated rings. The van der Waals surface area contributed by atoms with Crippen LogP contribution in [-0.4, -0.2) is 70.8 Å². The number of carbonyl (C=O) groups is 2. The Labute approximate surface area is 161 Å². The summed E-state index contributed by atoms with van der Waals surface area (Å²) in [5.74, 6) is 0.493. The van der Waals surface area contributed by atoms with Crippen molar-refractivity contribution < 1.29 is 9.59 Å². The third kappa shape index (κ3) is 2.94. The lowest BCUT2D eigenvalue weighted by Crippen LogP contribution is -2.53. The van der Waals surface area contributed by atoms with Crippen molar-refractivity contribution in [3.05, 3.63) is 30.1 Å². The zero-order chi connectivity index (χ0) is 19.1. The second-order valence-corrected chi connectivity index (χ2v) is 8.51. The van der Waals surface area contributed by atoms with Gasteiger partial charge in [0.1, 0.15) is 0 Å². The molecule has 1 aromatic rings.